The molecule has 1 heterocycles. The first-order chi connectivity index (χ1) is 16.4. The van der Waals surface area contributed by atoms with Crippen molar-refractivity contribution < 1.29 is 22.7 Å². The fourth-order valence-electron chi connectivity index (χ4n) is 4.52. The zero-order valence-electron chi connectivity index (χ0n) is 20.4. The molecule has 0 radical (unpaired) electrons. The third-order valence-corrected chi connectivity index (χ3v) is 6.72. The Balaban J connectivity index is 1.62. The van der Waals surface area contributed by atoms with Crippen molar-refractivity contribution in [2.24, 2.45) is 0 Å². The molecule has 9 heteroatoms. The lowest BCUT2D eigenvalue weighted by molar-refractivity contribution is 0.0636. The van der Waals surface area contributed by atoms with Gasteiger partial charge in [-0.3, -0.25) is 5.32 Å². The van der Waals surface area contributed by atoms with E-state index >= 15 is 0 Å². The van der Waals surface area contributed by atoms with Crippen LogP contribution >= 0.6 is 0 Å². The van der Waals surface area contributed by atoms with Gasteiger partial charge in [0.2, 0.25) is 0 Å². The number of nitrogens with zero attached hydrogens (tertiary/aromatic N) is 2. The van der Waals surface area contributed by atoms with E-state index in [0.717, 1.165) is 42.3 Å². The molecule has 0 aromatic heterocycles. The van der Waals surface area contributed by atoms with Crippen molar-refractivity contribution in [2.45, 2.75) is 63.6 Å². The molecule has 1 aliphatic heterocycles. The number of benzene rings is 2. The number of rotatable bonds is 6. The van der Waals surface area contributed by atoms with Gasteiger partial charge in [0.15, 0.2) is 15.8 Å². The Morgan fingerprint density at radius 3 is 2.40 bits per heavy atom. The monoisotopic (exact) mass is 497 g/mol. The minimum atomic E-state index is -3.28. The van der Waals surface area contributed by atoms with Crippen LogP contribution in [0, 0.1) is 11.3 Å². The number of ether oxygens (including phenoxy) is 2. The van der Waals surface area contributed by atoms with Crippen molar-refractivity contribution >= 4 is 27.3 Å². The van der Waals surface area contributed by atoms with E-state index in [1.807, 2.05) is 57.2 Å². The summed E-state index contributed by atoms with van der Waals surface area (Å²) in [5.74, 6) is -0.320. The number of hydrogen-bond acceptors (Lipinski definition) is 7. The zero-order valence-corrected chi connectivity index (χ0v) is 21.3. The van der Waals surface area contributed by atoms with E-state index in [0.29, 0.717) is 17.5 Å². The quantitative estimate of drug-likeness (QED) is 0.589. The second-order valence-electron chi connectivity index (χ2n) is 10.2. The zero-order chi connectivity index (χ0) is 25.4. The van der Waals surface area contributed by atoms with Gasteiger partial charge >= 0.3 is 6.09 Å². The lowest BCUT2D eigenvalue weighted by atomic mass is 9.87. The Kier molecular flexibility index (Phi) is 6.69. The van der Waals surface area contributed by atoms with Crippen LogP contribution in [0.4, 0.5) is 16.2 Å². The van der Waals surface area contributed by atoms with Crippen LogP contribution in [-0.4, -0.2) is 38.3 Å². The highest BCUT2D eigenvalue weighted by Gasteiger charge is 2.44. The van der Waals surface area contributed by atoms with Gasteiger partial charge in [-0.2, -0.15) is 5.26 Å². The van der Waals surface area contributed by atoms with Crippen LogP contribution in [-0.2, 0) is 14.6 Å². The molecule has 2 aromatic rings. The van der Waals surface area contributed by atoms with E-state index < -0.39 is 27.5 Å². The SMILES string of the molecule is CC(C)(C)OC(=O)Nc1ccc(C2C(C#N)c3ccc(OCS(C)(=O)=O)cc3N2C2CCC2)cc1. The average molecular weight is 498 g/mol. The molecule has 186 valence electrons. The molecule has 2 unspecified atom stereocenters. The number of sulfone groups is 1. The molecule has 1 fully saturated rings. The summed E-state index contributed by atoms with van der Waals surface area (Å²) in [5, 5.41) is 12.9. The highest BCUT2D eigenvalue weighted by Crippen LogP contribution is 2.53. The van der Waals surface area contributed by atoms with Crippen LogP contribution in [0.5, 0.6) is 5.75 Å². The van der Waals surface area contributed by atoms with Crippen LogP contribution < -0.4 is 15.0 Å². The Bertz CT molecular complexity index is 1240. The van der Waals surface area contributed by atoms with Gasteiger partial charge in [0.05, 0.1) is 18.0 Å². The van der Waals surface area contributed by atoms with E-state index in [4.69, 9.17) is 9.47 Å². The normalized spacial score (nSPS) is 19.9. The first kappa shape index (κ1) is 24.9. The number of carbonyl (C=O) groups excluding carboxylic acids is 1. The molecule has 1 aliphatic carbocycles. The van der Waals surface area contributed by atoms with Gasteiger partial charge in [-0.1, -0.05) is 18.2 Å². The van der Waals surface area contributed by atoms with E-state index in [-0.39, 0.29) is 12.0 Å². The number of fused-ring (bicyclic) bond motifs is 1. The molecule has 2 aliphatic rings. The molecule has 1 N–H and O–H groups in total. The minimum Gasteiger partial charge on any atom is -0.478 e. The van der Waals surface area contributed by atoms with Crippen molar-refractivity contribution in [1.82, 2.24) is 0 Å². The molecular formula is C26H31N3O5S. The Labute approximate surface area is 206 Å². The van der Waals surface area contributed by atoms with Gasteiger partial charge in [-0.05, 0) is 69.4 Å². The maximum absolute atomic E-state index is 12.1. The lowest BCUT2D eigenvalue weighted by Gasteiger charge is -2.41. The molecule has 35 heavy (non-hydrogen) atoms. The van der Waals surface area contributed by atoms with Gasteiger partial charge in [-0.25, -0.2) is 13.2 Å². The molecular weight excluding hydrogens is 466 g/mol. The smallest absolute Gasteiger partial charge is 0.412 e. The molecule has 1 saturated carbocycles. The average Bonchev–Trinajstić information content (AvgIpc) is 3.03. The molecule has 2 atom stereocenters. The summed E-state index contributed by atoms with van der Waals surface area (Å²) in [6.45, 7) is 5.42. The van der Waals surface area contributed by atoms with Crippen molar-refractivity contribution in [1.29, 1.82) is 5.26 Å². The fraction of sp³-hybridized carbons (Fsp3) is 0.462. The number of anilines is 2. The summed E-state index contributed by atoms with van der Waals surface area (Å²) >= 11 is 0. The van der Waals surface area contributed by atoms with Gasteiger partial charge in [-0.15, -0.1) is 0 Å². The molecule has 0 saturated heterocycles. The standard InChI is InChI=1S/C26H31N3O5S/c1-26(2,3)34-25(30)28-18-10-8-17(9-11-18)24-22(15-27)21-13-12-20(33-16-35(4,31)32)14-23(21)29(24)19-6-5-7-19/h8-14,19,22,24H,5-7,16H2,1-4H3,(H,28,30). The minimum absolute atomic E-state index is 0.193. The predicted molar refractivity (Wildman–Crippen MR) is 134 cm³/mol. The van der Waals surface area contributed by atoms with Gasteiger partial charge < -0.3 is 14.4 Å². The Hall–Kier alpha value is -3.25. The summed E-state index contributed by atoms with van der Waals surface area (Å²) in [5.41, 5.74) is 2.80. The first-order valence-electron chi connectivity index (χ1n) is 11.7. The van der Waals surface area contributed by atoms with Crippen LogP contribution in [0.2, 0.25) is 0 Å². The summed E-state index contributed by atoms with van der Waals surface area (Å²) in [7, 11) is -3.28. The highest BCUT2D eigenvalue weighted by molar-refractivity contribution is 7.90. The van der Waals surface area contributed by atoms with E-state index in [2.05, 4.69) is 16.3 Å². The third kappa shape index (κ3) is 5.70. The molecule has 2 aromatic carbocycles. The number of nitriles is 1. The van der Waals surface area contributed by atoms with E-state index in [1.54, 1.807) is 6.07 Å². The Morgan fingerprint density at radius 2 is 1.86 bits per heavy atom. The van der Waals surface area contributed by atoms with Crippen LogP contribution in [0.1, 0.15) is 63.1 Å². The molecule has 8 nitrogen and oxygen atoms in total. The maximum atomic E-state index is 12.1. The van der Waals surface area contributed by atoms with Gasteiger partial charge in [0.25, 0.3) is 0 Å². The van der Waals surface area contributed by atoms with Gasteiger partial charge in [0.1, 0.15) is 11.4 Å². The predicted octanol–water partition coefficient (Wildman–Crippen LogP) is 5.14. The van der Waals surface area contributed by atoms with Crippen LogP contribution in [0.25, 0.3) is 0 Å². The largest absolute Gasteiger partial charge is 0.478 e. The van der Waals surface area contributed by atoms with Crippen molar-refractivity contribution in [3.05, 3.63) is 53.6 Å². The molecule has 0 bridgehead atoms. The third-order valence-electron chi connectivity index (χ3n) is 6.17. The lowest BCUT2D eigenvalue weighted by Crippen LogP contribution is -2.41. The van der Waals surface area contributed by atoms with Crippen LogP contribution in [0.3, 0.4) is 0 Å². The summed E-state index contributed by atoms with van der Waals surface area (Å²) < 4.78 is 33.9. The number of nitrogens with one attached hydrogen (secondary N) is 1. The van der Waals surface area contributed by atoms with E-state index in [9.17, 15) is 18.5 Å². The summed E-state index contributed by atoms with van der Waals surface area (Å²) in [4.78, 5) is 14.4. The highest BCUT2D eigenvalue weighted by atomic mass is 32.2. The molecule has 0 spiro atoms. The van der Waals surface area contributed by atoms with Crippen molar-refractivity contribution in [3.63, 3.8) is 0 Å². The van der Waals surface area contributed by atoms with Crippen molar-refractivity contribution in [2.75, 3.05) is 22.4 Å². The number of carbonyl (C=O) groups is 1. The van der Waals surface area contributed by atoms with E-state index in [1.165, 1.54) is 0 Å². The second-order valence-corrected chi connectivity index (χ2v) is 12.3. The number of hydrogen-bond donors (Lipinski definition) is 1. The second kappa shape index (κ2) is 9.42. The summed E-state index contributed by atoms with van der Waals surface area (Å²) in [6, 6.07) is 15.5. The van der Waals surface area contributed by atoms with Gasteiger partial charge in [0, 0.05) is 29.7 Å². The first-order valence-corrected chi connectivity index (χ1v) is 13.7. The maximum Gasteiger partial charge on any atom is 0.412 e. The van der Waals surface area contributed by atoms with Crippen LogP contribution in [0.15, 0.2) is 42.5 Å². The topological polar surface area (TPSA) is 109 Å². The summed E-state index contributed by atoms with van der Waals surface area (Å²) in [6.07, 6.45) is 3.79. The molecule has 1 amide bonds. The van der Waals surface area contributed by atoms with Crippen molar-refractivity contribution in [3.8, 4) is 11.8 Å². The fourth-order valence-corrected chi connectivity index (χ4v) is 4.87. The Morgan fingerprint density at radius 1 is 1.17 bits per heavy atom. The molecule has 4 rings (SSSR count). The number of amides is 1.